The summed E-state index contributed by atoms with van der Waals surface area (Å²) in [6, 6.07) is 14.7. The Labute approximate surface area is 904 Å². The van der Waals surface area contributed by atoms with Gasteiger partial charge in [-0.05, 0) is 97.9 Å². The average Bonchev–Trinajstić information content (AvgIpc) is 1.66. The number of carbonyl (C=O) groups is 2. The summed E-state index contributed by atoms with van der Waals surface area (Å²) in [6.45, 7) is 45.3. The van der Waals surface area contributed by atoms with Crippen LogP contribution < -0.4 is 54.5 Å². The first-order valence-electron chi connectivity index (χ1n) is 51.3. The molecule has 0 radical (unpaired) electrons. The van der Waals surface area contributed by atoms with Gasteiger partial charge >= 0.3 is 68.9 Å². The predicted octanol–water partition coefficient (Wildman–Crippen LogP) is 7.33. The average molecular weight is 2310 g/mol. The molecule has 2 aromatic carbocycles. The number of benzene rings is 2. The zero-order valence-corrected chi connectivity index (χ0v) is 98.9. The normalized spacial score (nSPS) is 28.5. The highest BCUT2D eigenvalue weighted by atomic mass is 32.2. The number of hydrogen-bond acceptors (Lipinski definition) is 40. The van der Waals surface area contributed by atoms with Crippen molar-refractivity contribution in [2.24, 2.45) is 0 Å². The number of thioether (sulfide) groups is 6. The molecule has 8 aliphatic heterocycles. The van der Waals surface area contributed by atoms with E-state index in [2.05, 4.69) is 175 Å². The maximum Gasteiger partial charge on any atom is 0.342 e. The molecule has 4 aromatic heterocycles. The van der Waals surface area contributed by atoms with Crippen molar-refractivity contribution in [3.63, 3.8) is 0 Å². The Hall–Kier alpha value is -5.92. The minimum atomic E-state index is -3.09. The third-order valence-electron chi connectivity index (χ3n) is 27.3. The first-order chi connectivity index (χ1) is 71.7. The molecule has 8 fully saturated rings. The van der Waals surface area contributed by atoms with Gasteiger partial charge in [-0.1, -0.05) is 157 Å². The van der Waals surface area contributed by atoms with Crippen LogP contribution in [0, 0.1) is 0 Å². The smallest absolute Gasteiger partial charge is 0.342 e. The number of nitrogens with zero attached hydrogens (tertiary/aromatic N) is 4. The fourth-order valence-corrected chi connectivity index (χ4v) is 50.3. The predicted molar refractivity (Wildman–Crippen MR) is 589 cm³/mol. The molecule has 0 spiro atoms. The van der Waals surface area contributed by atoms with E-state index < -0.39 is 199 Å². The van der Waals surface area contributed by atoms with Crippen LogP contribution in [0.4, 0.5) is 0 Å². The van der Waals surface area contributed by atoms with Gasteiger partial charge in [0.2, 0.25) is 2.86 Å². The number of methoxy groups -OCH3 is 2. The lowest BCUT2D eigenvalue weighted by atomic mass is 10.1. The summed E-state index contributed by atoms with van der Waals surface area (Å²) in [7, 11) is -7.94. The van der Waals surface area contributed by atoms with E-state index in [9.17, 15) is 83.7 Å². The number of rotatable bonds is 24. The van der Waals surface area contributed by atoms with Gasteiger partial charge in [0.1, 0.15) is 74.6 Å². The van der Waals surface area contributed by atoms with Gasteiger partial charge in [-0.3, -0.25) is 57.4 Å². The summed E-state index contributed by atoms with van der Waals surface area (Å²) in [5, 5.41) is 107. The van der Waals surface area contributed by atoms with Gasteiger partial charge in [0.05, 0.1) is 111 Å². The Morgan fingerprint density at radius 2 is 0.826 bits per heavy atom. The van der Waals surface area contributed by atoms with Gasteiger partial charge in [-0.15, -0.1) is 58.8 Å². The van der Waals surface area contributed by atoms with Crippen molar-refractivity contribution in [3.8, 4) is 11.5 Å². The lowest BCUT2D eigenvalue weighted by Gasteiger charge is -2.51. The molecule has 53 heteroatoms. The molecule has 4 unspecified atom stereocenters. The number of nitrogens with one attached hydrogen (secondary N) is 4. The van der Waals surface area contributed by atoms with E-state index in [0.29, 0.717) is 40.6 Å². The third-order valence-corrected chi connectivity index (χ3v) is 61.0. The molecule has 8 aliphatic rings. The molecule has 0 saturated carbocycles. The first kappa shape index (κ1) is 123. The number of aromatic amines is 4. The van der Waals surface area contributed by atoms with Gasteiger partial charge in [0.15, 0.2) is 14.4 Å². The maximum absolute atomic E-state index is 13.8. The van der Waals surface area contributed by atoms with E-state index in [1.54, 1.807) is 48.2 Å². The lowest BCUT2D eigenvalue weighted by Crippen LogP contribution is -2.65. The van der Waals surface area contributed by atoms with E-state index in [4.69, 9.17) is 75.3 Å². The maximum atomic E-state index is 13.8. The number of ether oxygens (including phenoxy) is 4. The highest BCUT2D eigenvalue weighted by Crippen LogP contribution is 2.55. The van der Waals surface area contributed by atoms with Crippen molar-refractivity contribution in [2.45, 2.75) is 347 Å². The second kappa shape index (κ2) is 56.8. The van der Waals surface area contributed by atoms with E-state index in [-0.39, 0.29) is 135 Å². The van der Waals surface area contributed by atoms with Gasteiger partial charge < -0.3 is 116 Å². The SMILES string of the molecule is COc1cc(CO)ccc1C(=O)O[C@H]1C(n2ccc(=O)[nH]c2=O)S[C@@H]2CO[Si](C(C)C)(C(C)C)O[Si](C(C)C)(C(C)C)O[C@H]21.COc1cc(CO)ccc1C(=O)O[C@H]1CS[C@@H]2CO[Si](C(C)C)(C(C)C)O[Si](C(C)C)(C(C)C)O[C@@H]12.O=c1ccn(C2S[C@H](CO)[C@@H](O)[C@H]2O)c(=O)[nH]1.OC[C@H]1SC[C@H](O)[C@@H]1O.[2H]C[C@H]1SC(n2ccc(=O)[nH]c2=O)[C@H](O)[C@@H]1O.[2H]C[C@H]1SC(n2ccc(=O)[nH]c2=O)[C@H](O[Si](C)(C)C(C)(C)C)[C@@H]1O.[3H]OC.[3H]OC. The van der Waals surface area contributed by atoms with Crippen LogP contribution in [-0.2, 0) is 53.0 Å². The molecule has 8 saturated heterocycles. The summed E-state index contributed by atoms with van der Waals surface area (Å²) < 4.78 is 104. The second-order valence-electron chi connectivity index (χ2n) is 40.6. The number of carbonyl (C=O) groups excluding carboxylic acids is 2. The standard InChI is InChI=1S/C30H46N2O9SSi2.C26H44O7SSi2.C15H26N2O4SSi.C9H12N2O5S.C9H12N2O4S.C5H10O3S.2CH4O/c1-17(2)43(18(3)4)38-16-24-26(40-44(41-43,19(5)6)20(7)8)27(28(42-24)32-13-12-25(34)31-30(32)36)39-29(35)22-11-10-21(15-33)14-23(22)37-9;1-16(2)35(17(3)4)30-14-24-25(32-36(33-35,18(5)6)19(7)8)23(15-34-24)31-26(28)21-11-10-20(13-27)12-22(21)29-9;1-9-11(19)12(21-23(5,6)15(2,3)4)13(22-9)17-8-7-10(18)16-14(17)20;12-3-4-6(14)7(15)8(17-4)11-2-1-5(13)10-9(11)16;1-4-6(13)7(14)8(16-4)11-3-2-5(12)10-9(11)15;6-1-4-5(8)3(7)2-9-4;2*1-2/h10-14,17-20,24,26-28,33H,15-16H2,1-9H3,(H,31,34,36);10-12,16-19,23-25,27H,13-15H2,1-9H3;7-9,11-13,19H,1-6H3,(H,16,18,20);1-2,4,6-8,12,14-15H,3H2,(H,10,13,16);2-4,6-8,13-14H,1H3,(H,10,12,15);3-8H,1-2H2;2*2H,1H3/t24-,26-,27-,28?;23-,24+,25-;9-,11-,12-,13?;2*4-,6-,7-,8?;3-,4+,5-;;/m101110../s1/i;;1D;;1D;;2*2T. The Bertz CT molecular complexity index is 5770. The van der Waals surface area contributed by atoms with Crippen molar-refractivity contribution in [1.82, 2.24) is 38.2 Å². The molecule has 0 amide bonds. The van der Waals surface area contributed by atoms with E-state index in [1.807, 2.05) is 0 Å². The minimum absolute atomic E-state index is 0.0385. The largest absolute Gasteiger partial charge is 0.496 e. The summed E-state index contributed by atoms with van der Waals surface area (Å²) in [6.07, 6.45) is -4.17. The zero-order valence-electron chi connectivity index (χ0n) is 93.0. The van der Waals surface area contributed by atoms with Crippen LogP contribution in [-0.4, -0.2) is 333 Å². The molecule has 17 N–H and O–H groups in total. The van der Waals surface area contributed by atoms with Crippen molar-refractivity contribution in [3.05, 3.63) is 191 Å². The fraction of sp³-hybridized carbons (Fsp3) is 0.688. The number of aliphatic hydroxyl groups is 13. The van der Waals surface area contributed by atoms with Crippen LogP contribution in [0.1, 0.15) is 201 Å². The molecule has 0 aliphatic carbocycles. The number of aliphatic hydroxyl groups excluding tert-OH is 13. The molecule has 22 atom stereocenters. The Balaban J connectivity index is 0.000000259. The lowest BCUT2D eigenvalue weighted by molar-refractivity contribution is -0.0329. The summed E-state index contributed by atoms with van der Waals surface area (Å²) in [5.74, 6) is 0.694. The molecular formula is C96H158N8O34S6Si5. The highest BCUT2D eigenvalue weighted by molar-refractivity contribution is 8.01. The Morgan fingerprint density at radius 1 is 0.463 bits per heavy atom. The van der Waals surface area contributed by atoms with Gasteiger partial charge in [-0.2, -0.15) is 11.8 Å². The summed E-state index contributed by atoms with van der Waals surface area (Å²) in [5.41, 5.74) is -1.31. The fourth-order valence-electron chi connectivity index (χ4n) is 18.0. The molecule has 149 heavy (non-hydrogen) atoms. The molecule has 0 bridgehead atoms. The Morgan fingerprint density at radius 3 is 1.17 bits per heavy atom. The summed E-state index contributed by atoms with van der Waals surface area (Å²) >= 11 is 8.20. The van der Waals surface area contributed by atoms with Gasteiger partial charge in [-0.25, -0.2) is 28.8 Å². The topological polar surface area (TPSA) is 618 Å². The third kappa shape index (κ3) is 30.6. The van der Waals surface area contributed by atoms with Crippen LogP contribution in [0.15, 0.2) is 124 Å². The molecule has 842 valence electrons. The first-order valence-corrected chi connectivity index (χ1v) is 65.8. The van der Waals surface area contributed by atoms with E-state index in [0.717, 1.165) is 38.7 Å². The molecule has 42 nitrogen and oxygen atoms in total. The number of esters is 2. The summed E-state index contributed by atoms with van der Waals surface area (Å²) in [4.78, 5) is 129. The molecule has 12 heterocycles. The molecule has 14 rings (SSSR count). The van der Waals surface area contributed by atoms with Crippen LogP contribution in [0.25, 0.3) is 0 Å². The van der Waals surface area contributed by atoms with E-state index >= 15 is 0 Å². The zero-order chi connectivity index (χ0) is 115. The number of H-pyrrole nitrogens is 4. The molecular weight excluding hydrogens is 2140 g/mol. The number of aromatic nitrogens is 8. The molecule has 6 aromatic rings. The number of fused-ring (bicyclic) bond motifs is 2. The van der Waals surface area contributed by atoms with Crippen LogP contribution in [0.5, 0.6) is 11.5 Å². The quantitative estimate of drug-likeness (QED) is 0.0208. The monoisotopic (exact) mass is 2300 g/mol. The van der Waals surface area contributed by atoms with E-state index in [1.165, 1.54) is 116 Å². The van der Waals surface area contributed by atoms with Crippen molar-refractivity contribution < 1.29 is 128 Å². The second-order valence-corrected chi connectivity index (χ2v) is 71.0. The minimum Gasteiger partial charge on any atom is -0.496 e. The van der Waals surface area contributed by atoms with Crippen molar-refractivity contribution >= 4 is 125 Å². The number of hydrogen-bond donors (Lipinski definition) is 17. The van der Waals surface area contributed by atoms with Gasteiger partial charge in [0, 0.05) is 88.0 Å². The van der Waals surface area contributed by atoms with Crippen molar-refractivity contribution in [1.29, 1.82) is 2.86 Å². The van der Waals surface area contributed by atoms with Crippen LogP contribution >= 0.6 is 70.6 Å². The Kier molecular flexibility index (Phi) is 47.0. The van der Waals surface area contributed by atoms with Crippen molar-refractivity contribution in [2.75, 3.05) is 66.4 Å². The van der Waals surface area contributed by atoms with Crippen LogP contribution in [0.3, 0.4) is 0 Å². The highest BCUT2D eigenvalue weighted by Gasteiger charge is 2.65. The van der Waals surface area contributed by atoms with Gasteiger partial charge in [0.25, 0.3) is 22.2 Å². The van der Waals surface area contributed by atoms with Crippen LogP contribution in [0.2, 0.25) is 62.5 Å².